The summed E-state index contributed by atoms with van der Waals surface area (Å²) >= 11 is 0. The van der Waals surface area contributed by atoms with Crippen molar-refractivity contribution in [3.8, 4) is 34.1 Å². The maximum atomic E-state index is 12.1. The highest BCUT2D eigenvalue weighted by molar-refractivity contribution is 6.07. The second-order valence-corrected chi connectivity index (χ2v) is 6.37. The van der Waals surface area contributed by atoms with Crippen LogP contribution in [-0.4, -0.2) is 34.4 Å². The first-order chi connectivity index (χ1) is 13.7. The number of carbonyl (C=O) groups is 1. The molecule has 0 amide bonds. The van der Waals surface area contributed by atoms with Gasteiger partial charge in [-0.3, -0.25) is 4.79 Å². The van der Waals surface area contributed by atoms with E-state index in [1.165, 1.54) is 0 Å². The second-order valence-electron chi connectivity index (χ2n) is 6.37. The van der Waals surface area contributed by atoms with Crippen LogP contribution in [0.2, 0.25) is 0 Å². The van der Waals surface area contributed by atoms with Crippen molar-refractivity contribution in [2.24, 2.45) is 0 Å². The van der Waals surface area contributed by atoms with Gasteiger partial charge in [-0.25, -0.2) is 0 Å². The summed E-state index contributed by atoms with van der Waals surface area (Å²) in [5.74, 6) is 2.55. The minimum atomic E-state index is 0.189. The van der Waals surface area contributed by atoms with Crippen molar-refractivity contribution in [3.63, 3.8) is 0 Å². The molecular formula is C22H20O6. The van der Waals surface area contributed by atoms with Crippen LogP contribution in [0.15, 0.2) is 36.4 Å². The number of benzene rings is 3. The summed E-state index contributed by atoms with van der Waals surface area (Å²) in [6, 6.07) is 11.4. The zero-order chi connectivity index (χ0) is 19.7. The fourth-order valence-corrected chi connectivity index (χ4v) is 3.57. The molecule has 0 N–H and O–H groups in total. The Labute approximate surface area is 162 Å². The second kappa shape index (κ2) is 7.40. The summed E-state index contributed by atoms with van der Waals surface area (Å²) in [7, 11) is 4.79. The van der Waals surface area contributed by atoms with Crippen LogP contribution >= 0.6 is 0 Å². The quantitative estimate of drug-likeness (QED) is 0.597. The molecule has 0 spiro atoms. The van der Waals surface area contributed by atoms with Crippen LogP contribution in [0.25, 0.3) is 21.9 Å². The molecule has 0 unspecified atom stereocenters. The molecule has 1 heterocycles. The summed E-state index contributed by atoms with van der Waals surface area (Å²) in [5.41, 5.74) is 3.01. The van der Waals surface area contributed by atoms with E-state index in [0.29, 0.717) is 35.2 Å². The molecule has 3 aromatic carbocycles. The number of methoxy groups -OCH3 is 3. The van der Waals surface area contributed by atoms with E-state index in [-0.39, 0.29) is 6.79 Å². The van der Waals surface area contributed by atoms with Crippen LogP contribution in [0.4, 0.5) is 0 Å². The van der Waals surface area contributed by atoms with Crippen molar-refractivity contribution < 1.29 is 28.5 Å². The Hall–Kier alpha value is -3.25. The maximum absolute atomic E-state index is 12.1. The Balaban J connectivity index is 2.07. The van der Waals surface area contributed by atoms with Gasteiger partial charge in [0.15, 0.2) is 29.3 Å². The van der Waals surface area contributed by atoms with Gasteiger partial charge in [0.05, 0.1) is 20.8 Å². The molecule has 0 saturated heterocycles. The molecule has 144 valence electrons. The summed E-state index contributed by atoms with van der Waals surface area (Å²) in [4.78, 5) is 12.1. The highest BCUT2D eigenvalue weighted by atomic mass is 16.7. The zero-order valence-corrected chi connectivity index (χ0v) is 15.9. The molecule has 0 aromatic heterocycles. The van der Waals surface area contributed by atoms with Crippen molar-refractivity contribution in [3.05, 3.63) is 47.5 Å². The molecule has 0 bridgehead atoms. The lowest BCUT2D eigenvalue weighted by Gasteiger charge is -2.17. The number of carbonyl (C=O) groups excluding carboxylic acids is 1. The van der Waals surface area contributed by atoms with Crippen LogP contribution in [-0.2, 0) is 11.3 Å². The van der Waals surface area contributed by atoms with Crippen LogP contribution in [0.3, 0.4) is 0 Å². The Kier molecular flexibility index (Phi) is 4.79. The molecule has 1 aliphatic heterocycles. The lowest BCUT2D eigenvalue weighted by atomic mass is 9.90. The van der Waals surface area contributed by atoms with E-state index >= 15 is 0 Å². The maximum Gasteiger partial charge on any atom is 0.231 e. The lowest BCUT2D eigenvalue weighted by Crippen LogP contribution is -2.00. The first kappa shape index (κ1) is 18.1. The van der Waals surface area contributed by atoms with Gasteiger partial charge in [0.25, 0.3) is 0 Å². The monoisotopic (exact) mass is 380 g/mol. The Morgan fingerprint density at radius 3 is 2.43 bits per heavy atom. The van der Waals surface area contributed by atoms with Crippen molar-refractivity contribution >= 4 is 17.1 Å². The molecule has 6 heteroatoms. The fourth-order valence-electron chi connectivity index (χ4n) is 3.57. The predicted octanol–water partition coefficient (Wildman–Crippen LogP) is 4.21. The van der Waals surface area contributed by atoms with Crippen molar-refractivity contribution in [2.75, 3.05) is 28.1 Å². The normalized spacial score (nSPS) is 12.2. The molecule has 6 nitrogen and oxygen atoms in total. The molecule has 4 rings (SSSR count). The van der Waals surface area contributed by atoms with E-state index in [2.05, 4.69) is 0 Å². The molecule has 0 aliphatic carbocycles. The molecular weight excluding hydrogens is 360 g/mol. The third-order valence-corrected chi connectivity index (χ3v) is 4.85. The van der Waals surface area contributed by atoms with E-state index in [1.54, 1.807) is 21.3 Å². The van der Waals surface area contributed by atoms with Crippen LogP contribution < -0.4 is 18.9 Å². The third kappa shape index (κ3) is 2.92. The molecule has 0 fully saturated rings. The number of aldehydes is 1. The highest BCUT2D eigenvalue weighted by Crippen LogP contribution is 2.43. The summed E-state index contributed by atoms with van der Waals surface area (Å²) in [6.45, 7) is 0.505. The number of fused-ring (bicyclic) bond motifs is 2. The summed E-state index contributed by atoms with van der Waals surface area (Å²) < 4.78 is 27.2. The number of hydrogen-bond donors (Lipinski definition) is 0. The topological polar surface area (TPSA) is 63.2 Å². The van der Waals surface area contributed by atoms with Crippen LogP contribution in [0.5, 0.6) is 23.0 Å². The molecule has 0 atom stereocenters. The Bertz CT molecular complexity index is 1060. The van der Waals surface area contributed by atoms with E-state index in [1.807, 2.05) is 36.4 Å². The Morgan fingerprint density at radius 2 is 1.71 bits per heavy atom. The van der Waals surface area contributed by atoms with E-state index < -0.39 is 0 Å². The summed E-state index contributed by atoms with van der Waals surface area (Å²) in [5, 5.41) is 1.79. The van der Waals surface area contributed by atoms with Gasteiger partial charge in [0.2, 0.25) is 6.79 Å². The highest BCUT2D eigenvalue weighted by Gasteiger charge is 2.20. The van der Waals surface area contributed by atoms with Gasteiger partial charge < -0.3 is 23.7 Å². The molecule has 1 aliphatic rings. The van der Waals surface area contributed by atoms with Gasteiger partial charge in [-0.2, -0.15) is 0 Å². The van der Waals surface area contributed by atoms with Gasteiger partial charge in [-0.15, -0.1) is 0 Å². The molecule has 28 heavy (non-hydrogen) atoms. The van der Waals surface area contributed by atoms with Crippen molar-refractivity contribution in [2.45, 2.75) is 6.61 Å². The number of rotatable bonds is 6. The number of ether oxygens (including phenoxy) is 5. The van der Waals surface area contributed by atoms with E-state index in [4.69, 9.17) is 23.7 Å². The largest absolute Gasteiger partial charge is 0.493 e. The number of hydrogen-bond acceptors (Lipinski definition) is 6. The average molecular weight is 380 g/mol. The third-order valence-electron chi connectivity index (χ3n) is 4.85. The zero-order valence-electron chi connectivity index (χ0n) is 15.9. The van der Waals surface area contributed by atoms with Gasteiger partial charge in [-0.05, 0) is 52.2 Å². The fraction of sp³-hybridized carbons (Fsp3) is 0.227. The molecule has 0 radical (unpaired) electrons. The average Bonchev–Trinajstić information content (AvgIpc) is 3.19. The Morgan fingerprint density at radius 1 is 0.964 bits per heavy atom. The smallest absolute Gasteiger partial charge is 0.231 e. The first-order valence-electron chi connectivity index (χ1n) is 8.76. The van der Waals surface area contributed by atoms with Gasteiger partial charge in [0.1, 0.15) is 0 Å². The van der Waals surface area contributed by atoms with Crippen LogP contribution in [0, 0.1) is 0 Å². The van der Waals surface area contributed by atoms with Gasteiger partial charge in [0, 0.05) is 18.2 Å². The molecule has 3 aromatic rings. The summed E-state index contributed by atoms with van der Waals surface area (Å²) in [6.07, 6.45) is 0.865. The minimum Gasteiger partial charge on any atom is -0.493 e. The lowest BCUT2D eigenvalue weighted by molar-refractivity contribution is 0.111. The molecule has 0 saturated carbocycles. The van der Waals surface area contributed by atoms with Gasteiger partial charge >= 0.3 is 0 Å². The van der Waals surface area contributed by atoms with E-state index in [0.717, 1.165) is 33.7 Å². The van der Waals surface area contributed by atoms with Crippen molar-refractivity contribution in [1.29, 1.82) is 0 Å². The first-order valence-corrected chi connectivity index (χ1v) is 8.76. The SMILES string of the molecule is COCc1cc2cc(OC)c(OC)cc2c(-c2ccc3c(c2)OCO3)c1C=O. The predicted molar refractivity (Wildman–Crippen MR) is 105 cm³/mol. The van der Waals surface area contributed by atoms with Crippen LogP contribution in [0.1, 0.15) is 15.9 Å². The minimum absolute atomic E-state index is 0.189. The van der Waals surface area contributed by atoms with Gasteiger partial charge in [-0.1, -0.05) is 6.07 Å². The standard InChI is InChI=1S/C22H20O6/c1-24-11-15-6-14-8-19(25-2)20(26-3)9-16(14)22(17(15)10-23)13-4-5-18-21(7-13)28-12-27-18/h4-10H,11-12H2,1-3H3. The van der Waals surface area contributed by atoms with Crippen molar-refractivity contribution in [1.82, 2.24) is 0 Å². The van der Waals surface area contributed by atoms with E-state index in [9.17, 15) is 4.79 Å².